The first-order valence-electron chi connectivity index (χ1n) is 10.7. The molecule has 4 rings (SSSR count). The molecule has 11 heteroatoms. The molecule has 3 heterocycles. The predicted octanol–water partition coefficient (Wildman–Crippen LogP) is 3.87. The fourth-order valence-electron chi connectivity index (χ4n) is 4.49. The van der Waals surface area contributed by atoms with Gasteiger partial charge >= 0.3 is 6.18 Å². The summed E-state index contributed by atoms with van der Waals surface area (Å²) in [4.78, 5) is 35.5. The van der Waals surface area contributed by atoms with Crippen LogP contribution in [0.15, 0.2) is 24.4 Å². The Morgan fingerprint density at radius 3 is 2.55 bits per heavy atom. The highest BCUT2D eigenvalue weighted by molar-refractivity contribution is 5.85. The molecule has 1 aromatic heterocycles. The van der Waals surface area contributed by atoms with Gasteiger partial charge in [0.15, 0.2) is 0 Å². The maximum absolute atomic E-state index is 13.2. The topological polar surface area (TPSA) is 90.5 Å². The Morgan fingerprint density at radius 2 is 1.91 bits per heavy atom. The van der Waals surface area contributed by atoms with E-state index in [1.165, 1.54) is 11.8 Å². The number of alkyl halides is 3. The zero-order chi connectivity index (χ0) is 23.9. The van der Waals surface area contributed by atoms with Gasteiger partial charge in [-0.2, -0.15) is 18.2 Å². The number of amides is 2. The smallest absolute Gasteiger partial charge is 0.370 e. The molecule has 0 saturated carbocycles. The zero-order valence-electron chi connectivity index (χ0n) is 18.5. The largest absolute Gasteiger partial charge is 0.421 e. The van der Waals surface area contributed by atoms with Crippen molar-refractivity contribution in [3.05, 3.63) is 41.1 Å². The lowest BCUT2D eigenvalue weighted by atomic mass is 9.91. The van der Waals surface area contributed by atoms with Gasteiger partial charge in [0.05, 0.1) is 18.6 Å². The number of aromatic nitrogens is 2. The highest BCUT2D eigenvalue weighted by Crippen LogP contribution is 2.53. The van der Waals surface area contributed by atoms with Crippen molar-refractivity contribution >= 4 is 29.3 Å². The van der Waals surface area contributed by atoms with Gasteiger partial charge in [-0.05, 0) is 43.0 Å². The lowest BCUT2D eigenvalue weighted by Crippen LogP contribution is -2.38. The number of fused-ring (bicyclic) bond motifs is 5. The first kappa shape index (κ1) is 22.8. The molecule has 2 aromatic rings. The van der Waals surface area contributed by atoms with Gasteiger partial charge in [0, 0.05) is 32.4 Å². The molecule has 1 aromatic carbocycles. The second kappa shape index (κ2) is 8.53. The van der Waals surface area contributed by atoms with Crippen LogP contribution in [0.4, 0.5) is 30.6 Å². The van der Waals surface area contributed by atoms with Crippen LogP contribution in [-0.2, 0) is 15.8 Å². The highest BCUT2D eigenvalue weighted by Gasteiger charge is 2.46. The number of carbonyl (C=O) groups excluding carboxylic acids is 2. The summed E-state index contributed by atoms with van der Waals surface area (Å²) in [6, 6.07) is 5.49. The number of anilines is 3. The molecular formula is C22H25F3N6O2. The number of nitrogens with zero attached hydrogens (tertiary/aromatic N) is 4. The lowest BCUT2D eigenvalue weighted by molar-refractivity contribution is -0.140. The minimum absolute atomic E-state index is 0.0219. The van der Waals surface area contributed by atoms with E-state index < -0.39 is 11.7 Å². The highest BCUT2D eigenvalue weighted by atomic mass is 19.4. The minimum Gasteiger partial charge on any atom is -0.370 e. The second-order valence-corrected chi connectivity index (χ2v) is 8.24. The fraction of sp³-hybridized carbons (Fsp3) is 0.455. The van der Waals surface area contributed by atoms with Crippen molar-refractivity contribution in [2.24, 2.45) is 0 Å². The summed E-state index contributed by atoms with van der Waals surface area (Å²) in [5, 5.41) is 5.61. The predicted molar refractivity (Wildman–Crippen MR) is 116 cm³/mol. The maximum atomic E-state index is 13.2. The maximum Gasteiger partial charge on any atom is 0.421 e. The zero-order valence-corrected chi connectivity index (χ0v) is 18.5. The Morgan fingerprint density at radius 1 is 1.21 bits per heavy atom. The third-order valence-electron chi connectivity index (χ3n) is 6.08. The number of rotatable bonds is 6. The summed E-state index contributed by atoms with van der Waals surface area (Å²) in [5.74, 6) is -0.521. The number of nitrogens with one attached hydrogen (secondary N) is 2. The molecule has 2 amide bonds. The van der Waals surface area contributed by atoms with E-state index in [0.29, 0.717) is 5.69 Å². The summed E-state index contributed by atoms with van der Waals surface area (Å²) in [5.41, 5.74) is 1.74. The first-order valence-corrected chi connectivity index (χ1v) is 10.7. The minimum atomic E-state index is -4.56. The molecule has 0 unspecified atom stereocenters. The number of hydrogen-bond donors (Lipinski definition) is 2. The summed E-state index contributed by atoms with van der Waals surface area (Å²) >= 11 is 0. The van der Waals surface area contributed by atoms with Crippen LogP contribution < -0.4 is 10.6 Å². The monoisotopic (exact) mass is 462 g/mol. The summed E-state index contributed by atoms with van der Waals surface area (Å²) in [7, 11) is 1.60. The molecule has 1 saturated heterocycles. The third-order valence-corrected chi connectivity index (χ3v) is 6.08. The van der Waals surface area contributed by atoms with Crippen LogP contribution in [0, 0.1) is 0 Å². The van der Waals surface area contributed by atoms with Gasteiger partial charge < -0.3 is 20.4 Å². The third kappa shape index (κ3) is 4.31. The molecule has 2 aliphatic heterocycles. The number of carbonyl (C=O) groups is 2. The number of hydrogen-bond acceptors (Lipinski definition) is 6. The van der Waals surface area contributed by atoms with E-state index in [-0.39, 0.29) is 48.8 Å². The second-order valence-electron chi connectivity index (χ2n) is 8.24. The van der Waals surface area contributed by atoms with E-state index >= 15 is 0 Å². The Labute approximate surface area is 189 Å². The van der Waals surface area contributed by atoms with Crippen molar-refractivity contribution in [3.8, 4) is 0 Å². The Bertz CT molecular complexity index is 1090. The van der Waals surface area contributed by atoms with Gasteiger partial charge in [0.2, 0.25) is 17.8 Å². The molecular weight excluding hydrogens is 437 g/mol. The van der Waals surface area contributed by atoms with Gasteiger partial charge in [-0.25, -0.2) is 4.98 Å². The summed E-state index contributed by atoms with van der Waals surface area (Å²) in [6.07, 6.45) is -2.13. The molecule has 1 fully saturated rings. The van der Waals surface area contributed by atoms with Crippen molar-refractivity contribution < 1.29 is 22.8 Å². The quantitative estimate of drug-likeness (QED) is 0.678. The van der Waals surface area contributed by atoms with Crippen LogP contribution >= 0.6 is 0 Å². The van der Waals surface area contributed by atoms with Crippen LogP contribution in [0.1, 0.15) is 55.5 Å². The van der Waals surface area contributed by atoms with Gasteiger partial charge in [-0.3, -0.25) is 9.59 Å². The summed E-state index contributed by atoms with van der Waals surface area (Å²) in [6.45, 7) is 3.41. The van der Waals surface area contributed by atoms with E-state index in [4.69, 9.17) is 0 Å². The van der Waals surface area contributed by atoms with Gasteiger partial charge in [0.1, 0.15) is 11.4 Å². The van der Waals surface area contributed by atoms with E-state index in [9.17, 15) is 22.8 Å². The van der Waals surface area contributed by atoms with Crippen molar-refractivity contribution in [2.75, 3.05) is 30.8 Å². The molecule has 2 atom stereocenters. The van der Waals surface area contributed by atoms with E-state index in [1.807, 2.05) is 17.0 Å². The van der Waals surface area contributed by atoms with Gasteiger partial charge in [-0.1, -0.05) is 6.07 Å². The van der Waals surface area contributed by atoms with Gasteiger partial charge in [0.25, 0.3) is 0 Å². The molecule has 0 spiro atoms. The SMILES string of the molecule is CCNc1nc(Nc2ccc3c(c2)[C@H]2CC[C@@H]3N2C(=O)CN(C)C(C)=O)ncc1C(F)(F)F. The molecule has 0 radical (unpaired) electrons. The van der Waals surface area contributed by atoms with Crippen LogP contribution in [0.25, 0.3) is 0 Å². The van der Waals surface area contributed by atoms with Crippen molar-refractivity contribution in [2.45, 2.75) is 44.9 Å². The normalized spacial score (nSPS) is 18.8. The number of likely N-dealkylation sites (N-methyl/N-ethyl adjacent to an activating group) is 1. The average Bonchev–Trinajstić information content (AvgIpc) is 3.30. The van der Waals surface area contributed by atoms with Crippen LogP contribution in [-0.4, -0.2) is 51.7 Å². The van der Waals surface area contributed by atoms with Crippen molar-refractivity contribution in [1.82, 2.24) is 19.8 Å². The van der Waals surface area contributed by atoms with Crippen LogP contribution in [0.5, 0.6) is 0 Å². The molecule has 0 aliphatic carbocycles. The van der Waals surface area contributed by atoms with Crippen LogP contribution in [0.2, 0.25) is 0 Å². The Kier molecular flexibility index (Phi) is 5.89. The van der Waals surface area contributed by atoms with Crippen LogP contribution in [0.3, 0.4) is 0 Å². The molecule has 2 N–H and O–H groups in total. The number of benzene rings is 1. The van der Waals surface area contributed by atoms with Crippen molar-refractivity contribution in [3.63, 3.8) is 0 Å². The first-order chi connectivity index (χ1) is 15.6. The van der Waals surface area contributed by atoms with E-state index in [0.717, 1.165) is 30.2 Å². The molecule has 2 bridgehead atoms. The van der Waals surface area contributed by atoms with Crippen molar-refractivity contribution in [1.29, 1.82) is 0 Å². The standard InChI is InChI=1S/C22H25F3N6O2/c1-4-26-20-16(22(23,24)25)10-27-21(29-20)28-13-5-6-14-15(9-13)18-8-7-17(14)31(18)19(33)11-30(3)12(2)32/h5-6,9-10,17-18H,4,7-8,11H2,1-3H3,(H2,26,27,28,29)/t17-,18+/m0/s1. The Hall–Kier alpha value is -3.37. The number of halogens is 3. The molecule has 2 aliphatic rings. The molecule has 176 valence electrons. The lowest BCUT2D eigenvalue weighted by Gasteiger charge is -2.25. The Balaban J connectivity index is 1.55. The summed E-state index contributed by atoms with van der Waals surface area (Å²) < 4.78 is 39.6. The van der Waals surface area contributed by atoms with E-state index in [2.05, 4.69) is 20.6 Å². The van der Waals surface area contributed by atoms with Gasteiger partial charge in [-0.15, -0.1) is 0 Å². The van der Waals surface area contributed by atoms with E-state index in [1.54, 1.807) is 20.0 Å². The average molecular weight is 462 g/mol. The molecule has 8 nitrogen and oxygen atoms in total. The fourth-order valence-corrected chi connectivity index (χ4v) is 4.49. The molecule has 33 heavy (non-hydrogen) atoms.